The Morgan fingerprint density at radius 2 is 2.14 bits per heavy atom. The lowest BCUT2D eigenvalue weighted by Gasteiger charge is -2.19. The maximum Gasteiger partial charge on any atom is 0.240 e. The van der Waals surface area contributed by atoms with Crippen molar-refractivity contribution in [3.63, 3.8) is 0 Å². The summed E-state index contributed by atoms with van der Waals surface area (Å²) in [4.78, 5) is 12.0. The number of methoxy groups -OCH3 is 1. The van der Waals surface area contributed by atoms with Crippen molar-refractivity contribution in [1.82, 2.24) is 5.32 Å². The van der Waals surface area contributed by atoms with Crippen LogP contribution in [0.1, 0.15) is 51.1 Å². The molecule has 5 nitrogen and oxygen atoms in total. The third-order valence-electron chi connectivity index (χ3n) is 4.03. The van der Waals surface area contributed by atoms with E-state index in [1.807, 2.05) is 25.1 Å². The van der Waals surface area contributed by atoms with E-state index in [0.29, 0.717) is 12.4 Å². The average Bonchev–Trinajstić information content (AvgIpc) is 3.26. The normalized spacial score (nSPS) is 16.7. The molecular formula is C17H26N2O3. The van der Waals surface area contributed by atoms with E-state index in [0.717, 1.165) is 37.0 Å². The monoisotopic (exact) mass is 306 g/mol. The lowest BCUT2D eigenvalue weighted by atomic mass is 10.1. The highest BCUT2D eigenvalue weighted by molar-refractivity contribution is 5.89. The van der Waals surface area contributed by atoms with Crippen LogP contribution in [0.5, 0.6) is 11.5 Å². The van der Waals surface area contributed by atoms with Crippen LogP contribution in [0.2, 0.25) is 0 Å². The minimum absolute atomic E-state index is 0.0813. The van der Waals surface area contributed by atoms with E-state index in [4.69, 9.17) is 15.2 Å². The second kappa shape index (κ2) is 7.01. The second-order valence-corrected chi connectivity index (χ2v) is 5.96. The standard InChI is InChI=1S/C17H26N2O3/c1-4-5-10-22-14-7-6-13(11-15(14)21-3)12(2)19-16(20)17(18)8-9-17/h6-7,11-12H,4-5,8-10,18H2,1-3H3,(H,19,20). The predicted octanol–water partition coefficient (Wildman–Crippen LogP) is 2.54. The molecular weight excluding hydrogens is 280 g/mol. The molecule has 1 aliphatic carbocycles. The first-order valence-corrected chi connectivity index (χ1v) is 7.90. The zero-order valence-corrected chi connectivity index (χ0v) is 13.6. The fraction of sp³-hybridized carbons (Fsp3) is 0.588. The van der Waals surface area contributed by atoms with Gasteiger partial charge in [0.1, 0.15) is 0 Å². The van der Waals surface area contributed by atoms with Crippen LogP contribution >= 0.6 is 0 Å². The van der Waals surface area contributed by atoms with Crippen molar-refractivity contribution in [3.05, 3.63) is 23.8 Å². The zero-order valence-electron chi connectivity index (χ0n) is 13.6. The smallest absolute Gasteiger partial charge is 0.240 e. The van der Waals surface area contributed by atoms with Crippen molar-refractivity contribution >= 4 is 5.91 Å². The van der Waals surface area contributed by atoms with Gasteiger partial charge in [0.15, 0.2) is 11.5 Å². The van der Waals surface area contributed by atoms with Crippen LogP contribution in [0.4, 0.5) is 0 Å². The van der Waals surface area contributed by atoms with Crippen LogP contribution in [0.25, 0.3) is 0 Å². The van der Waals surface area contributed by atoms with E-state index in [-0.39, 0.29) is 11.9 Å². The molecule has 1 aliphatic rings. The van der Waals surface area contributed by atoms with E-state index in [9.17, 15) is 4.79 Å². The minimum Gasteiger partial charge on any atom is -0.493 e. The van der Waals surface area contributed by atoms with Crippen molar-refractivity contribution in [1.29, 1.82) is 0 Å². The van der Waals surface area contributed by atoms with Gasteiger partial charge in [0, 0.05) is 0 Å². The summed E-state index contributed by atoms with van der Waals surface area (Å²) in [5.41, 5.74) is 6.23. The number of rotatable bonds is 8. The lowest BCUT2D eigenvalue weighted by molar-refractivity contribution is -0.123. The maximum atomic E-state index is 12.0. The average molecular weight is 306 g/mol. The maximum absolute atomic E-state index is 12.0. The summed E-state index contributed by atoms with van der Waals surface area (Å²) in [6, 6.07) is 5.63. The Labute approximate surface area is 132 Å². The Balaban J connectivity index is 2.02. The van der Waals surface area contributed by atoms with Gasteiger partial charge in [-0.3, -0.25) is 4.79 Å². The van der Waals surface area contributed by atoms with E-state index >= 15 is 0 Å². The topological polar surface area (TPSA) is 73.6 Å². The predicted molar refractivity (Wildman–Crippen MR) is 86.1 cm³/mol. The molecule has 1 aromatic rings. The number of benzene rings is 1. The summed E-state index contributed by atoms with van der Waals surface area (Å²) in [5, 5.41) is 2.96. The number of carbonyl (C=O) groups is 1. The highest BCUT2D eigenvalue weighted by Crippen LogP contribution is 2.34. The fourth-order valence-electron chi connectivity index (χ4n) is 2.18. The number of unbranched alkanes of at least 4 members (excludes halogenated alkanes) is 1. The molecule has 0 bridgehead atoms. The largest absolute Gasteiger partial charge is 0.493 e. The first kappa shape index (κ1) is 16.6. The summed E-state index contributed by atoms with van der Waals surface area (Å²) in [5.74, 6) is 1.33. The summed E-state index contributed by atoms with van der Waals surface area (Å²) in [6.45, 7) is 4.74. The van der Waals surface area contributed by atoms with Gasteiger partial charge in [-0.15, -0.1) is 0 Å². The van der Waals surface area contributed by atoms with Crippen LogP contribution < -0.4 is 20.5 Å². The highest BCUT2D eigenvalue weighted by Gasteiger charge is 2.46. The molecule has 0 aliphatic heterocycles. The molecule has 1 amide bonds. The lowest BCUT2D eigenvalue weighted by Crippen LogP contribution is -2.43. The quantitative estimate of drug-likeness (QED) is 0.724. The number of ether oxygens (including phenoxy) is 2. The zero-order chi connectivity index (χ0) is 16.2. The Morgan fingerprint density at radius 3 is 2.73 bits per heavy atom. The molecule has 0 spiro atoms. The van der Waals surface area contributed by atoms with Crippen molar-refractivity contribution in [3.8, 4) is 11.5 Å². The summed E-state index contributed by atoms with van der Waals surface area (Å²) in [6.07, 6.45) is 3.62. The fourth-order valence-corrected chi connectivity index (χ4v) is 2.18. The van der Waals surface area contributed by atoms with Gasteiger partial charge in [-0.2, -0.15) is 0 Å². The molecule has 0 radical (unpaired) electrons. The third-order valence-corrected chi connectivity index (χ3v) is 4.03. The van der Waals surface area contributed by atoms with Gasteiger partial charge < -0.3 is 20.5 Å². The molecule has 0 heterocycles. The summed E-state index contributed by atoms with van der Waals surface area (Å²) < 4.78 is 11.1. The van der Waals surface area contributed by atoms with Gasteiger partial charge in [-0.05, 0) is 43.9 Å². The Hall–Kier alpha value is -1.75. The summed E-state index contributed by atoms with van der Waals surface area (Å²) in [7, 11) is 1.62. The van der Waals surface area contributed by atoms with Gasteiger partial charge in [0.2, 0.25) is 5.91 Å². The van der Waals surface area contributed by atoms with Crippen molar-refractivity contribution in [2.75, 3.05) is 13.7 Å². The molecule has 1 atom stereocenters. The number of nitrogens with one attached hydrogen (secondary N) is 1. The SMILES string of the molecule is CCCCOc1ccc(C(C)NC(=O)C2(N)CC2)cc1OC. The van der Waals surface area contributed by atoms with Gasteiger partial charge in [0.05, 0.1) is 25.3 Å². The number of hydrogen-bond acceptors (Lipinski definition) is 4. The van der Waals surface area contributed by atoms with Crippen LogP contribution in [0, 0.1) is 0 Å². The van der Waals surface area contributed by atoms with E-state index in [1.54, 1.807) is 7.11 Å². The minimum atomic E-state index is -0.651. The van der Waals surface area contributed by atoms with Crippen LogP contribution in [0.3, 0.4) is 0 Å². The van der Waals surface area contributed by atoms with Gasteiger partial charge in [-0.25, -0.2) is 0 Å². The molecule has 0 saturated heterocycles. The molecule has 1 saturated carbocycles. The van der Waals surface area contributed by atoms with E-state index in [2.05, 4.69) is 12.2 Å². The van der Waals surface area contributed by atoms with Crippen molar-refractivity contribution in [2.45, 2.75) is 51.1 Å². The Morgan fingerprint density at radius 1 is 1.41 bits per heavy atom. The first-order valence-electron chi connectivity index (χ1n) is 7.90. The second-order valence-electron chi connectivity index (χ2n) is 5.96. The molecule has 22 heavy (non-hydrogen) atoms. The molecule has 1 aromatic carbocycles. The van der Waals surface area contributed by atoms with Crippen molar-refractivity contribution in [2.24, 2.45) is 5.73 Å². The van der Waals surface area contributed by atoms with Crippen LogP contribution in [-0.4, -0.2) is 25.2 Å². The number of carbonyl (C=O) groups excluding carboxylic acids is 1. The van der Waals surface area contributed by atoms with Crippen LogP contribution in [0.15, 0.2) is 18.2 Å². The molecule has 1 unspecified atom stereocenters. The van der Waals surface area contributed by atoms with E-state index in [1.165, 1.54) is 0 Å². The highest BCUT2D eigenvalue weighted by atomic mass is 16.5. The Bertz CT molecular complexity index is 527. The molecule has 1 fully saturated rings. The summed E-state index contributed by atoms with van der Waals surface area (Å²) >= 11 is 0. The molecule has 5 heteroatoms. The van der Waals surface area contributed by atoms with Crippen LogP contribution in [-0.2, 0) is 4.79 Å². The van der Waals surface area contributed by atoms with Gasteiger partial charge in [-0.1, -0.05) is 19.4 Å². The molecule has 3 N–H and O–H groups in total. The van der Waals surface area contributed by atoms with Gasteiger partial charge in [0.25, 0.3) is 0 Å². The first-order chi connectivity index (χ1) is 10.5. The van der Waals surface area contributed by atoms with Crippen molar-refractivity contribution < 1.29 is 14.3 Å². The number of hydrogen-bond donors (Lipinski definition) is 2. The Kier molecular flexibility index (Phi) is 5.29. The molecule has 0 aromatic heterocycles. The number of nitrogens with two attached hydrogens (primary N) is 1. The third kappa shape index (κ3) is 3.91. The van der Waals surface area contributed by atoms with E-state index < -0.39 is 5.54 Å². The number of amides is 1. The molecule has 122 valence electrons. The van der Waals surface area contributed by atoms with Gasteiger partial charge >= 0.3 is 0 Å². The molecule has 2 rings (SSSR count).